The highest BCUT2D eigenvalue weighted by Crippen LogP contribution is 2.30. The van der Waals surface area contributed by atoms with Gasteiger partial charge in [0.2, 0.25) is 0 Å². The molecule has 1 fully saturated rings. The molecule has 0 atom stereocenters. The zero-order valence-corrected chi connectivity index (χ0v) is 19.6. The third kappa shape index (κ3) is 4.71. The second-order valence-corrected chi connectivity index (χ2v) is 9.34. The van der Waals surface area contributed by atoms with Gasteiger partial charge in [-0.05, 0) is 35.2 Å². The number of piperazine rings is 1. The number of carbonyl (C=O) groups excluding carboxylic acids is 1. The summed E-state index contributed by atoms with van der Waals surface area (Å²) in [7, 11) is 0. The Balaban J connectivity index is 1.26. The summed E-state index contributed by atoms with van der Waals surface area (Å²) in [6.07, 6.45) is 1.03. The maximum absolute atomic E-state index is 13.2. The molecule has 1 N–H and O–H groups in total. The van der Waals surface area contributed by atoms with Crippen molar-refractivity contribution >= 4 is 32.7 Å². The molecule has 5 nitrogen and oxygen atoms in total. The smallest absolute Gasteiger partial charge is 0.318 e. The highest BCUT2D eigenvalue weighted by Gasteiger charge is 2.25. The molecular formula is C27H28N4OS. The number of amides is 2. The lowest BCUT2D eigenvalue weighted by atomic mass is 9.99. The minimum absolute atomic E-state index is 0.0238. The molecular weight excluding hydrogens is 428 g/mol. The zero-order valence-electron chi connectivity index (χ0n) is 18.8. The molecule has 0 spiro atoms. The van der Waals surface area contributed by atoms with E-state index >= 15 is 0 Å². The van der Waals surface area contributed by atoms with Crippen LogP contribution in [0.3, 0.4) is 0 Å². The molecule has 1 aliphatic rings. The predicted octanol–water partition coefficient (Wildman–Crippen LogP) is 5.48. The average molecular weight is 457 g/mol. The first-order chi connectivity index (χ1) is 16.2. The van der Waals surface area contributed by atoms with E-state index < -0.39 is 0 Å². The van der Waals surface area contributed by atoms with Crippen molar-refractivity contribution in [2.24, 2.45) is 0 Å². The molecule has 0 unspecified atom stereocenters. The number of benzene rings is 3. The molecule has 168 valence electrons. The number of hydrogen-bond donors (Lipinski definition) is 1. The van der Waals surface area contributed by atoms with Crippen molar-refractivity contribution in [2.75, 3.05) is 31.1 Å². The first kappa shape index (κ1) is 21.5. The van der Waals surface area contributed by atoms with Gasteiger partial charge in [-0.3, -0.25) is 0 Å². The van der Waals surface area contributed by atoms with Crippen LogP contribution in [0.15, 0.2) is 78.9 Å². The van der Waals surface area contributed by atoms with Gasteiger partial charge in [0.15, 0.2) is 5.13 Å². The average Bonchev–Trinajstić information content (AvgIpc) is 3.31. The lowest BCUT2D eigenvalue weighted by molar-refractivity contribution is 0.192. The Morgan fingerprint density at radius 3 is 2.18 bits per heavy atom. The monoisotopic (exact) mass is 456 g/mol. The van der Waals surface area contributed by atoms with Crippen LogP contribution < -0.4 is 10.2 Å². The summed E-state index contributed by atoms with van der Waals surface area (Å²) >= 11 is 1.74. The Kier molecular flexibility index (Phi) is 6.26. The topological polar surface area (TPSA) is 48.5 Å². The number of aromatic nitrogens is 1. The SMILES string of the molecule is CCc1ccc2nc(N3CCN(C(=O)NC(c4ccccc4)c4ccccc4)CC3)sc2c1. The fraction of sp³-hybridized carbons (Fsp3) is 0.259. The highest BCUT2D eigenvalue weighted by atomic mass is 32.1. The van der Waals surface area contributed by atoms with Crippen molar-refractivity contribution in [3.05, 3.63) is 95.6 Å². The first-order valence-electron chi connectivity index (χ1n) is 11.5. The molecule has 0 aliphatic carbocycles. The molecule has 3 aromatic carbocycles. The predicted molar refractivity (Wildman–Crippen MR) is 136 cm³/mol. The van der Waals surface area contributed by atoms with Crippen LogP contribution in [0.25, 0.3) is 10.2 Å². The fourth-order valence-electron chi connectivity index (χ4n) is 4.28. The van der Waals surface area contributed by atoms with E-state index in [0.717, 1.165) is 41.3 Å². The second-order valence-electron chi connectivity index (χ2n) is 8.33. The Bertz CT molecular complexity index is 1180. The van der Waals surface area contributed by atoms with Gasteiger partial charge < -0.3 is 15.1 Å². The number of anilines is 1. The van der Waals surface area contributed by atoms with Crippen LogP contribution in [0.5, 0.6) is 0 Å². The Morgan fingerprint density at radius 2 is 1.58 bits per heavy atom. The highest BCUT2D eigenvalue weighted by molar-refractivity contribution is 7.22. The van der Waals surface area contributed by atoms with E-state index in [4.69, 9.17) is 4.98 Å². The van der Waals surface area contributed by atoms with Crippen molar-refractivity contribution in [1.29, 1.82) is 0 Å². The van der Waals surface area contributed by atoms with E-state index in [1.165, 1.54) is 10.3 Å². The molecule has 33 heavy (non-hydrogen) atoms. The minimum atomic E-state index is -0.171. The maximum Gasteiger partial charge on any atom is 0.318 e. The van der Waals surface area contributed by atoms with Gasteiger partial charge in [-0.15, -0.1) is 0 Å². The fourth-order valence-corrected chi connectivity index (χ4v) is 5.36. The van der Waals surface area contributed by atoms with Crippen LogP contribution in [0.1, 0.15) is 29.7 Å². The van der Waals surface area contributed by atoms with Gasteiger partial charge in [-0.1, -0.05) is 85.0 Å². The van der Waals surface area contributed by atoms with Crippen LogP contribution in [-0.2, 0) is 6.42 Å². The molecule has 5 rings (SSSR count). The molecule has 0 saturated carbocycles. The summed E-state index contributed by atoms with van der Waals surface area (Å²) in [6.45, 7) is 5.11. The van der Waals surface area contributed by atoms with Crippen LogP contribution in [0.4, 0.5) is 9.93 Å². The molecule has 1 saturated heterocycles. The van der Waals surface area contributed by atoms with Gasteiger partial charge in [0.25, 0.3) is 0 Å². The summed E-state index contributed by atoms with van der Waals surface area (Å²) in [5, 5.41) is 4.31. The standard InChI is InChI=1S/C27H28N4OS/c1-2-20-13-14-23-24(19-20)33-27(28-23)31-17-15-30(16-18-31)26(32)29-25(21-9-5-3-6-10-21)22-11-7-4-8-12-22/h3-14,19,25H,2,15-18H2,1H3,(H,29,32). The number of thiazole rings is 1. The number of carbonyl (C=O) groups is 1. The van der Waals surface area contributed by atoms with E-state index in [9.17, 15) is 4.79 Å². The molecule has 2 heterocycles. The Labute approximate surface area is 198 Å². The van der Waals surface area contributed by atoms with Gasteiger partial charge >= 0.3 is 6.03 Å². The first-order valence-corrected chi connectivity index (χ1v) is 12.3. The van der Waals surface area contributed by atoms with Crippen molar-refractivity contribution in [3.63, 3.8) is 0 Å². The second kappa shape index (κ2) is 9.63. The van der Waals surface area contributed by atoms with Crippen LogP contribution in [0.2, 0.25) is 0 Å². The van der Waals surface area contributed by atoms with Gasteiger partial charge in [0, 0.05) is 26.2 Å². The number of fused-ring (bicyclic) bond motifs is 1. The summed E-state index contributed by atoms with van der Waals surface area (Å²) in [5.74, 6) is 0. The van der Waals surface area contributed by atoms with Crippen LogP contribution >= 0.6 is 11.3 Å². The molecule has 0 bridgehead atoms. The van der Waals surface area contributed by atoms with E-state index in [2.05, 4.69) is 59.6 Å². The quantitative estimate of drug-likeness (QED) is 0.433. The van der Waals surface area contributed by atoms with Crippen LogP contribution in [-0.4, -0.2) is 42.1 Å². The van der Waals surface area contributed by atoms with Gasteiger partial charge in [0.05, 0.1) is 16.3 Å². The lowest BCUT2D eigenvalue weighted by Crippen LogP contribution is -2.52. The van der Waals surface area contributed by atoms with Gasteiger partial charge in [-0.2, -0.15) is 0 Å². The molecule has 0 radical (unpaired) electrons. The number of hydrogen-bond acceptors (Lipinski definition) is 4. The lowest BCUT2D eigenvalue weighted by Gasteiger charge is -2.35. The molecule has 4 aromatic rings. The number of nitrogens with one attached hydrogen (secondary N) is 1. The number of urea groups is 1. The van der Waals surface area contributed by atoms with Crippen molar-refractivity contribution in [3.8, 4) is 0 Å². The van der Waals surface area contributed by atoms with Crippen molar-refractivity contribution < 1.29 is 4.79 Å². The Hall–Kier alpha value is -3.38. The van der Waals surface area contributed by atoms with E-state index in [0.29, 0.717) is 13.1 Å². The molecule has 1 aromatic heterocycles. The van der Waals surface area contributed by atoms with Crippen molar-refractivity contribution in [2.45, 2.75) is 19.4 Å². The molecule has 6 heteroatoms. The largest absolute Gasteiger partial charge is 0.345 e. The maximum atomic E-state index is 13.2. The van der Waals surface area contributed by atoms with Gasteiger partial charge in [0.1, 0.15) is 0 Å². The third-order valence-electron chi connectivity index (χ3n) is 6.22. The van der Waals surface area contributed by atoms with E-state index in [1.807, 2.05) is 41.3 Å². The summed E-state index contributed by atoms with van der Waals surface area (Å²) in [5.41, 5.74) is 4.56. The summed E-state index contributed by atoms with van der Waals surface area (Å²) in [4.78, 5) is 22.2. The zero-order chi connectivity index (χ0) is 22.6. The van der Waals surface area contributed by atoms with E-state index in [1.54, 1.807) is 11.3 Å². The minimum Gasteiger partial charge on any atom is -0.345 e. The van der Waals surface area contributed by atoms with E-state index in [-0.39, 0.29) is 12.1 Å². The Morgan fingerprint density at radius 1 is 0.939 bits per heavy atom. The third-order valence-corrected chi connectivity index (χ3v) is 7.30. The van der Waals surface area contributed by atoms with Crippen LogP contribution in [0, 0.1) is 0 Å². The van der Waals surface area contributed by atoms with Crippen molar-refractivity contribution in [1.82, 2.24) is 15.2 Å². The number of aryl methyl sites for hydroxylation is 1. The molecule has 1 aliphatic heterocycles. The normalized spacial score (nSPS) is 14.1. The number of rotatable bonds is 5. The summed E-state index contributed by atoms with van der Waals surface area (Å²) in [6, 6.07) is 26.6. The molecule has 2 amide bonds. The number of nitrogens with zero attached hydrogens (tertiary/aromatic N) is 3. The van der Waals surface area contributed by atoms with Gasteiger partial charge in [-0.25, -0.2) is 9.78 Å². The summed E-state index contributed by atoms with van der Waals surface area (Å²) < 4.78 is 1.23.